The number of nitrogens with one attached hydrogen (secondary N) is 1. The van der Waals surface area contributed by atoms with Crippen LogP contribution < -0.4 is 5.32 Å². The number of amides is 5. The molecular formula is C20H17N3O4. The zero-order valence-corrected chi connectivity index (χ0v) is 14.6. The molecule has 2 aromatic carbocycles. The summed E-state index contributed by atoms with van der Waals surface area (Å²) in [5.41, 5.74) is 0.0252. The Bertz CT molecular complexity index is 937. The maximum absolute atomic E-state index is 12.9. The van der Waals surface area contributed by atoms with Gasteiger partial charge in [0.05, 0.1) is 11.1 Å². The lowest BCUT2D eigenvalue weighted by Gasteiger charge is -2.28. The van der Waals surface area contributed by atoms with Crippen LogP contribution in [0, 0.1) is 0 Å². The molecule has 0 radical (unpaired) electrons. The molecule has 1 saturated heterocycles. The molecule has 7 nitrogen and oxygen atoms in total. The van der Waals surface area contributed by atoms with Gasteiger partial charge in [0.15, 0.2) is 0 Å². The molecule has 2 heterocycles. The number of urea groups is 1. The first-order valence-electron chi connectivity index (χ1n) is 8.57. The van der Waals surface area contributed by atoms with Crippen LogP contribution >= 0.6 is 0 Å². The first-order chi connectivity index (χ1) is 13.0. The van der Waals surface area contributed by atoms with Crippen LogP contribution in [0.3, 0.4) is 0 Å². The van der Waals surface area contributed by atoms with Crippen molar-refractivity contribution in [3.8, 4) is 0 Å². The quantitative estimate of drug-likeness (QED) is 0.662. The molecule has 27 heavy (non-hydrogen) atoms. The van der Waals surface area contributed by atoms with Crippen LogP contribution in [-0.2, 0) is 10.3 Å². The van der Waals surface area contributed by atoms with E-state index in [9.17, 15) is 19.2 Å². The van der Waals surface area contributed by atoms with Gasteiger partial charge in [0.2, 0.25) is 0 Å². The van der Waals surface area contributed by atoms with Gasteiger partial charge in [-0.1, -0.05) is 42.5 Å². The van der Waals surface area contributed by atoms with Crippen molar-refractivity contribution in [3.63, 3.8) is 0 Å². The van der Waals surface area contributed by atoms with Crippen molar-refractivity contribution in [2.24, 2.45) is 0 Å². The van der Waals surface area contributed by atoms with E-state index < -0.39 is 17.5 Å². The molecule has 1 atom stereocenters. The van der Waals surface area contributed by atoms with Crippen molar-refractivity contribution < 1.29 is 19.2 Å². The standard InChI is InChI=1S/C20H17N3O4/c1-22-18(26)20(21-19(22)27,13-7-3-2-4-8-13)11-12-23-16(24)14-9-5-6-10-15(14)17(23)25/h2-10H,11-12H2,1H3,(H,21,27). The summed E-state index contributed by atoms with van der Waals surface area (Å²) in [5.74, 6) is -1.18. The van der Waals surface area contributed by atoms with Crippen molar-refractivity contribution in [1.82, 2.24) is 15.1 Å². The highest BCUT2D eigenvalue weighted by Gasteiger charge is 2.51. The van der Waals surface area contributed by atoms with Gasteiger partial charge in [0, 0.05) is 20.0 Å². The normalized spacial score (nSPS) is 21.7. The molecule has 1 fully saturated rings. The second-order valence-corrected chi connectivity index (χ2v) is 6.62. The summed E-state index contributed by atoms with van der Waals surface area (Å²) in [6.07, 6.45) is 0.0946. The van der Waals surface area contributed by atoms with Crippen LogP contribution in [-0.4, -0.2) is 47.1 Å². The van der Waals surface area contributed by atoms with Gasteiger partial charge in [-0.3, -0.25) is 24.2 Å². The maximum Gasteiger partial charge on any atom is 0.325 e. The highest BCUT2D eigenvalue weighted by molar-refractivity contribution is 6.21. The number of rotatable bonds is 4. The van der Waals surface area contributed by atoms with Crippen LogP contribution in [0.5, 0.6) is 0 Å². The fourth-order valence-electron chi connectivity index (χ4n) is 3.65. The number of carbonyl (C=O) groups excluding carboxylic acids is 4. The van der Waals surface area contributed by atoms with Crippen molar-refractivity contribution >= 4 is 23.8 Å². The van der Waals surface area contributed by atoms with Crippen LogP contribution in [0.25, 0.3) is 0 Å². The molecule has 0 bridgehead atoms. The number of likely N-dealkylation sites (N-methyl/N-ethyl adjacent to an activating group) is 1. The lowest BCUT2D eigenvalue weighted by molar-refractivity contribution is -0.131. The minimum absolute atomic E-state index is 0.0150. The molecular weight excluding hydrogens is 346 g/mol. The molecule has 1 unspecified atom stereocenters. The second kappa shape index (κ2) is 6.05. The highest BCUT2D eigenvalue weighted by Crippen LogP contribution is 2.33. The largest absolute Gasteiger partial charge is 0.325 e. The molecule has 1 N–H and O–H groups in total. The predicted molar refractivity (Wildman–Crippen MR) is 95.8 cm³/mol. The Morgan fingerprint density at radius 3 is 1.93 bits per heavy atom. The Balaban J connectivity index is 1.65. The van der Waals surface area contributed by atoms with Gasteiger partial charge >= 0.3 is 6.03 Å². The van der Waals surface area contributed by atoms with E-state index in [0.717, 1.165) is 9.80 Å². The van der Waals surface area contributed by atoms with E-state index in [4.69, 9.17) is 0 Å². The van der Waals surface area contributed by atoms with E-state index in [0.29, 0.717) is 16.7 Å². The SMILES string of the molecule is CN1C(=O)NC(CCN2C(=O)c3ccccc3C2=O)(c2ccccc2)C1=O. The Morgan fingerprint density at radius 1 is 0.852 bits per heavy atom. The molecule has 136 valence electrons. The molecule has 5 amide bonds. The number of carbonyl (C=O) groups is 4. The van der Waals surface area contributed by atoms with Crippen LogP contribution in [0.1, 0.15) is 32.7 Å². The first kappa shape index (κ1) is 17.0. The summed E-state index contributed by atoms with van der Waals surface area (Å²) in [6.45, 7) is 0.0150. The summed E-state index contributed by atoms with van der Waals surface area (Å²) < 4.78 is 0. The maximum atomic E-state index is 12.9. The molecule has 0 saturated carbocycles. The Kier molecular flexibility index (Phi) is 3.80. The van der Waals surface area contributed by atoms with E-state index in [1.54, 1.807) is 48.5 Å². The van der Waals surface area contributed by atoms with Crippen molar-refractivity contribution in [2.75, 3.05) is 13.6 Å². The monoisotopic (exact) mass is 363 g/mol. The van der Waals surface area contributed by atoms with E-state index in [-0.39, 0.29) is 24.8 Å². The van der Waals surface area contributed by atoms with Gasteiger partial charge < -0.3 is 5.32 Å². The lowest BCUT2D eigenvalue weighted by Crippen LogP contribution is -2.47. The molecule has 2 aliphatic rings. The number of hydrogen-bond acceptors (Lipinski definition) is 4. The van der Waals surface area contributed by atoms with Crippen molar-refractivity contribution in [3.05, 3.63) is 71.3 Å². The summed E-state index contributed by atoms with van der Waals surface area (Å²) in [4.78, 5) is 52.3. The van der Waals surface area contributed by atoms with E-state index in [2.05, 4.69) is 5.32 Å². The summed E-state index contributed by atoms with van der Waals surface area (Å²) in [7, 11) is 1.41. The number of hydrogen-bond donors (Lipinski definition) is 1. The number of fused-ring (bicyclic) bond motifs is 1. The van der Waals surface area contributed by atoms with Gasteiger partial charge in [0.1, 0.15) is 5.54 Å². The third-order valence-corrected chi connectivity index (χ3v) is 5.15. The fraction of sp³-hybridized carbons (Fsp3) is 0.200. The zero-order chi connectivity index (χ0) is 19.2. The topological polar surface area (TPSA) is 86.8 Å². The third kappa shape index (κ3) is 2.43. The van der Waals surface area contributed by atoms with E-state index in [1.165, 1.54) is 7.05 Å². The number of imide groups is 2. The Hall–Kier alpha value is -3.48. The van der Waals surface area contributed by atoms with Gasteiger partial charge in [0.25, 0.3) is 17.7 Å². The minimum Gasteiger partial charge on any atom is -0.319 e. The molecule has 0 spiro atoms. The van der Waals surface area contributed by atoms with Gasteiger partial charge in [-0.05, 0) is 17.7 Å². The number of benzene rings is 2. The summed E-state index contributed by atoms with van der Waals surface area (Å²) in [5, 5.41) is 2.75. The number of nitrogens with zero attached hydrogens (tertiary/aromatic N) is 2. The van der Waals surface area contributed by atoms with Gasteiger partial charge in [-0.15, -0.1) is 0 Å². The predicted octanol–water partition coefficient (Wildman–Crippen LogP) is 1.75. The smallest absolute Gasteiger partial charge is 0.319 e. The van der Waals surface area contributed by atoms with Crippen LogP contribution in [0.2, 0.25) is 0 Å². The average molecular weight is 363 g/mol. The Morgan fingerprint density at radius 2 is 1.41 bits per heavy atom. The molecule has 0 aromatic heterocycles. The Labute approximate surface area is 155 Å². The van der Waals surface area contributed by atoms with E-state index in [1.807, 2.05) is 6.07 Å². The van der Waals surface area contributed by atoms with Crippen molar-refractivity contribution in [2.45, 2.75) is 12.0 Å². The van der Waals surface area contributed by atoms with Crippen molar-refractivity contribution in [1.29, 1.82) is 0 Å². The highest BCUT2D eigenvalue weighted by atomic mass is 16.2. The molecule has 7 heteroatoms. The molecule has 0 aliphatic carbocycles. The first-order valence-corrected chi connectivity index (χ1v) is 8.57. The van der Waals surface area contributed by atoms with Gasteiger partial charge in [-0.25, -0.2) is 4.79 Å². The second-order valence-electron chi connectivity index (χ2n) is 6.62. The fourth-order valence-corrected chi connectivity index (χ4v) is 3.65. The third-order valence-electron chi connectivity index (χ3n) is 5.15. The minimum atomic E-state index is -1.30. The van der Waals surface area contributed by atoms with E-state index >= 15 is 0 Å². The summed E-state index contributed by atoms with van der Waals surface area (Å²) in [6, 6.07) is 15.0. The van der Waals surface area contributed by atoms with Crippen LogP contribution in [0.15, 0.2) is 54.6 Å². The average Bonchev–Trinajstić information content (AvgIpc) is 3.07. The van der Waals surface area contributed by atoms with Gasteiger partial charge in [-0.2, -0.15) is 0 Å². The molecule has 4 rings (SSSR count). The molecule has 2 aliphatic heterocycles. The summed E-state index contributed by atoms with van der Waals surface area (Å²) >= 11 is 0. The molecule has 2 aromatic rings. The zero-order valence-electron chi connectivity index (χ0n) is 14.6. The van der Waals surface area contributed by atoms with Crippen LogP contribution in [0.4, 0.5) is 4.79 Å². The lowest BCUT2D eigenvalue weighted by atomic mass is 9.86.